The number of aromatic nitrogens is 4. The Labute approximate surface area is 383 Å². The molecular formula is C47H25Cl4F6IN4. The average molecular weight is 1030 g/mol. The van der Waals surface area contributed by atoms with E-state index in [4.69, 9.17) is 56.4 Å². The molecular weight excluding hydrogens is 1000 g/mol. The van der Waals surface area contributed by atoms with Gasteiger partial charge in [0.2, 0.25) is 0 Å². The minimum atomic E-state index is -5.88. The van der Waals surface area contributed by atoms with Crippen molar-refractivity contribution in [1.29, 1.82) is 0 Å². The van der Waals surface area contributed by atoms with E-state index in [1.54, 1.807) is 84.9 Å². The Kier molecular flexibility index (Phi) is 10.9. The lowest BCUT2D eigenvalue weighted by Gasteiger charge is -2.30. The van der Waals surface area contributed by atoms with E-state index in [0.29, 0.717) is 70.3 Å². The highest BCUT2D eigenvalue weighted by atomic mass is 127. The van der Waals surface area contributed by atoms with Gasteiger partial charge >= 0.3 is 15.8 Å². The Hall–Kier alpha value is -5.05. The molecule has 15 heteroatoms. The smallest absolute Gasteiger partial charge is 0.354 e. The fraction of sp³-hybridized carbons (Fsp3) is 0.0638. The number of benzene rings is 4. The largest absolute Gasteiger partial charge is 0.385 e. The zero-order valence-corrected chi connectivity index (χ0v) is 36.5. The van der Waals surface area contributed by atoms with Crippen molar-refractivity contribution in [3.8, 4) is 44.5 Å². The van der Waals surface area contributed by atoms with E-state index in [2.05, 4.69) is 9.97 Å². The normalized spacial score (nSPS) is 13.1. The van der Waals surface area contributed by atoms with Crippen LogP contribution >= 0.6 is 69.0 Å². The van der Waals surface area contributed by atoms with E-state index in [-0.39, 0.29) is 50.5 Å². The molecule has 0 atom stereocenters. The first kappa shape index (κ1) is 42.3. The van der Waals surface area contributed by atoms with Crippen LogP contribution in [0.3, 0.4) is 0 Å². The highest BCUT2D eigenvalue weighted by Crippen LogP contribution is 2.56. The summed E-state index contributed by atoms with van der Waals surface area (Å²) >= 11 is 25.3. The van der Waals surface area contributed by atoms with E-state index >= 15 is 17.6 Å². The molecule has 2 aliphatic heterocycles. The molecule has 0 aliphatic carbocycles. The Bertz CT molecular complexity index is 3140. The number of alkyl halides is 7. The first-order chi connectivity index (χ1) is 29.5. The van der Waals surface area contributed by atoms with Gasteiger partial charge in [0.15, 0.2) is 0 Å². The molecule has 7 aromatic rings. The van der Waals surface area contributed by atoms with Crippen LogP contribution in [0.5, 0.6) is 0 Å². The van der Waals surface area contributed by atoms with E-state index in [1.807, 2.05) is 24.3 Å². The SMILES string of the molecule is FC(F)(I)C(F)(F)C(F)(F)C1=Cc2nc1c(-c1ccc(Cl)cc1)c1ccc([nH]1)c(-c1ccc(Cl)cc1)c1nc(c(-c3ccc(Cl)cc3)c3ccc([nH]3)c2-c2ccc(Cl)cc2)C=C1. The van der Waals surface area contributed by atoms with Gasteiger partial charge in [0.05, 0.1) is 28.3 Å². The summed E-state index contributed by atoms with van der Waals surface area (Å²) in [6, 6.07) is 33.1. The van der Waals surface area contributed by atoms with Crippen molar-refractivity contribution in [3.63, 3.8) is 0 Å². The number of rotatable bonds is 7. The lowest BCUT2D eigenvalue weighted by Crippen LogP contribution is -2.51. The van der Waals surface area contributed by atoms with Gasteiger partial charge < -0.3 is 9.97 Å². The van der Waals surface area contributed by atoms with E-state index in [0.717, 1.165) is 11.6 Å². The van der Waals surface area contributed by atoms with Gasteiger partial charge in [-0.3, -0.25) is 0 Å². The second kappa shape index (κ2) is 15.9. The van der Waals surface area contributed by atoms with Gasteiger partial charge in [-0.25, -0.2) is 9.97 Å². The molecule has 0 radical (unpaired) electrons. The molecule has 0 unspecified atom stereocenters. The number of allylic oxidation sites excluding steroid dienone is 1. The maximum absolute atomic E-state index is 16.8. The molecule has 0 amide bonds. The number of hydrogen-bond acceptors (Lipinski definition) is 2. The number of aromatic amines is 2. The summed E-state index contributed by atoms with van der Waals surface area (Å²) < 4.78 is 89.2. The average Bonchev–Trinajstić information content (AvgIpc) is 4.07. The zero-order valence-electron chi connectivity index (χ0n) is 31.3. The third-order valence-corrected chi connectivity index (χ3v) is 12.2. The molecule has 0 saturated heterocycles. The van der Waals surface area contributed by atoms with Gasteiger partial charge in [-0.1, -0.05) is 94.9 Å². The van der Waals surface area contributed by atoms with Crippen molar-refractivity contribution >= 4 is 115 Å². The molecule has 4 aromatic carbocycles. The van der Waals surface area contributed by atoms with E-state index in [9.17, 15) is 8.78 Å². The van der Waals surface area contributed by atoms with Crippen molar-refractivity contribution < 1.29 is 26.3 Å². The second-order valence-electron chi connectivity index (χ2n) is 14.4. The quantitative estimate of drug-likeness (QED) is 0.0949. The van der Waals surface area contributed by atoms with Gasteiger partial charge in [-0.05, 0) is 113 Å². The summed E-state index contributed by atoms with van der Waals surface area (Å²) in [5.41, 5.74) is 3.45. The summed E-state index contributed by atoms with van der Waals surface area (Å²) in [6.45, 7) is 0. The second-order valence-corrected chi connectivity index (χ2v) is 17.5. The molecule has 8 bridgehead atoms. The Morgan fingerprint density at radius 2 is 0.742 bits per heavy atom. The predicted molar refractivity (Wildman–Crippen MR) is 248 cm³/mol. The number of nitrogens with zero attached hydrogens (tertiary/aromatic N) is 2. The first-order valence-corrected chi connectivity index (χ1v) is 21.2. The lowest BCUT2D eigenvalue weighted by molar-refractivity contribution is -0.244. The van der Waals surface area contributed by atoms with Crippen molar-refractivity contribution in [2.75, 3.05) is 0 Å². The molecule has 9 rings (SSSR count). The number of fused-ring (bicyclic) bond motifs is 8. The number of nitrogens with one attached hydrogen (secondary N) is 2. The molecule has 0 fully saturated rings. The van der Waals surface area contributed by atoms with E-state index < -0.39 is 27.0 Å². The van der Waals surface area contributed by atoms with Crippen molar-refractivity contribution in [2.24, 2.45) is 0 Å². The Morgan fingerprint density at radius 1 is 0.419 bits per heavy atom. The van der Waals surface area contributed by atoms with Crippen molar-refractivity contribution in [2.45, 2.75) is 15.8 Å². The number of halogens is 11. The summed E-state index contributed by atoms with van der Waals surface area (Å²) in [5.74, 6) is -11.4. The topological polar surface area (TPSA) is 57.4 Å². The summed E-state index contributed by atoms with van der Waals surface area (Å²) in [4.78, 5) is 16.6. The van der Waals surface area contributed by atoms with Crippen molar-refractivity contribution in [1.82, 2.24) is 19.9 Å². The number of H-pyrrole nitrogens is 2. The predicted octanol–water partition coefficient (Wildman–Crippen LogP) is 16.6. The van der Waals surface area contributed by atoms with Gasteiger partial charge in [0, 0.05) is 87.0 Å². The third-order valence-electron chi connectivity index (χ3n) is 10.5. The summed E-state index contributed by atoms with van der Waals surface area (Å²) in [6.07, 6.45) is 4.45. The molecule has 3 aromatic heterocycles. The van der Waals surface area contributed by atoms with E-state index in [1.165, 1.54) is 24.3 Å². The Balaban J connectivity index is 1.53. The van der Waals surface area contributed by atoms with Crippen LogP contribution in [0.25, 0.3) is 90.4 Å². The molecule has 5 heterocycles. The minimum absolute atomic E-state index is 0.0479. The number of hydrogen-bond donors (Lipinski definition) is 2. The fourth-order valence-electron chi connectivity index (χ4n) is 7.55. The molecule has 310 valence electrons. The molecule has 2 aliphatic rings. The van der Waals surface area contributed by atoms with Crippen LogP contribution < -0.4 is 0 Å². The monoisotopic (exact) mass is 1030 g/mol. The maximum Gasteiger partial charge on any atom is 0.385 e. The van der Waals surface area contributed by atoms with Crippen LogP contribution in [-0.4, -0.2) is 35.7 Å². The van der Waals surface area contributed by atoms with Crippen LogP contribution in [0.2, 0.25) is 20.1 Å². The summed E-state index contributed by atoms with van der Waals surface area (Å²) in [5, 5.41) is 1.62. The van der Waals surface area contributed by atoms with Crippen LogP contribution in [0.1, 0.15) is 22.8 Å². The standard InChI is InChI=1S/C47H25Cl4F6IN4/c48-28-9-1-24(2-10-28)40-33-17-18-34(59-33)41(25-3-11-29(49)12-4-25)36-21-22-38(61-36)43(27-7-15-31(51)16-8-27)44-32(45(52,53)46(54,55)47(56,57)58)23-39(62-44)42(37-20-19-35(40)60-37)26-5-13-30(50)14-6-26/h1-23,60-61H. The highest BCUT2D eigenvalue weighted by molar-refractivity contribution is 14.1. The molecule has 62 heavy (non-hydrogen) atoms. The molecule has 2 N–H and O–H groups in total. The van der Waals surface area contributed by atoms with Crippen LogP contribution in [0.4, 0.5) is 26.3 Å². The van der Waals surface area contributed by atoms with Gasteiger partial charge in [-0.2, -0.15) is 26.3 Å². The first-order valence-electron chi connectivity index (χ1n) is 18.6. The highest BCUT2D eigenvalue weighted by Gasteiger charge is 2.72. The van der Waals surface area contributed by atoms with Crippen LogP contribution in [0, 0.1) is 0 Å². The molecule has 0 saturated carbocycles. The van der Waals surface area contributed by atoms with Crippen LogP contribution in [0.15, 0.2) is 121 Å². The van der Waals surface area contributed by atoms with Crippen molar-refractivity contribution in [3.05, 3.63) is 164 Å². The third kappa shape index (κ3) is 7.51. The maximum atomic E-state index is 16.8. The van der Waals surface area contributed by atoms with Gasteiger partial charge in [0.1, 0.15) is 0 Å². The van der Waals surface area contributed by atoms with Gasteiger partial charge in [0.25, 0.3) is 0 Å². The molecule has 0 spiro atoms. The Morgan fingerprint density at radius 3 is 1.10 bits per heavy atom. The summed E-state index contributed by atoms with van der Waals surface area (Å²) in [7, 11) is 0. The lowest BCUT2D eigenvalue weighted by atomic mass is 9.93. The fourth-order valence-corrected chi connectivity index (χ4v) is 8.39. The minimum Gasteiger partial charge on any atom is -0.354 e. The zero-order chi connectivity index (χ0) is 43.7. The van der Waals surface area contributed by atoms with Crippen LogP contribution in [-0.2, 0) is 0 Å². The molecule has 4 nitrogen and oxygen atoms in total. The van der Waals surface area contributed by atoms with Gasteiger partial charge in [-0.15, -0.1) is 0 Å².